The first-order valence-electron chi connectivity index (χ1n) is 8.81. The average Bonchev–Trinajstić information content (AvgIpc) is 3.04. The van der Waals surface area contributed by atoms with E-state index < -0.39 is 32.7 Å². The quantitative estimate of drug-likeness (QED) is 0.704. The molecule has 1 atom stereocenters. The highest BCUT2D eigenvalue weighted by molar-refractivity contribution is 7.89. The molecule has 152 valence electrons. The molecule has 1 aliphatic rings. The molecule has 1 aromatic carbocycles. The summed E-state index contributed by atoms with van der Waals surface area (Å²) in [5.41, 5.74) is 0.0320. The van der Waals surface area contributed by atoms with Gasteiger partial charge in [0.2, 0.25) is 5.03 Å². The number of esters is 1. The molecule has 0 N–H and O–H groups in total. The molecule has 1 aliphatic heterocycles. The van der Waals surface area contributed by atoms with Crippen LogP contribution in [-0.2, 0) is 21.3 Å². The number of sulfonamides is 1. The minimum atomic E-state index is -4.02. The number of methoxy groups -OCH3 is 1. The lowest BCUT2D eigenvalue weighted by Gasteiger charge is -2.29. The Hall–Kier alpha value is -2.33. The van der Waals surface area contributed by atoms with E-state index >= 15 is 0 Å². The normalized spacial score (nSPS) is 18.2. The fraction of sp³-hybridized carbons (Fsp3) is 0.444. The summed E-state index contributed by atoms with van der Waals surface area (Å²) in [5.74, 6) is -2.17. The van der Waals surface area contributed by atoms with Crippen LogP contribution in [0.15, 0.2) is 29.4 Å². The summed E-state index contributed by atoms with van der Waals surface area (Å²) in [6.07, 6.45) is 2.86. The van der Waals surface area contributed by atoms with Crippen LogP contribution in [-0.4, -0.2) is 48.7 Å². The van der Waals surface area contributed by atoms with Crippen molar-refractivity contribution in [1.29, 1.82) is 0 Å². The van der Waals surface area contributed by atoms with E-state index in [4.69, 9.17) is 0 Å². The molecule has 2 aromatic rings. The second-order valence-electron chi connectivity index (χ2n) is 6.93. The van der Waals surface area contributed by atoms with Gasteiger partial charge in [0.25, 0.3) is 10.0 Å². The molecule has 0 spiro atoms. The number of halogens is 2. The third-order valence-electron chi connectivity index (χ3n) is 4.60. The van der Waals surface area contributed by atoms with Crippen molar-refractivity contribution in [3.05, 3.63) is 47.2 Å². The van der Waals surface area contributed by atoms with Crippen LogP contribution in [0, 0.1) is 17.6 Å². The van der Waals surface area contributed by atoms with Gasteiger partial charge in [0, 0.05) is 25.4 Å². The number of hydrogen-bond donors (Lipinski definition) is 0. The Balaban J connectivity index is 1.99. The lowest BCUT2D eigenvalue weighted by molar-refractivity contribution is 0.0596. The van der Waals surface area contributed by atoms with Gasteiger partial charge < -0.3 is 4.74 Å². The van der Waals surface area contributed by atoms with Crippen LogP contribution in [0.4, 0.5) is 8.78 Å². The first-order valence-corrected chi connectivity index (χ1v) is 10.3. The number of nitrogens with zero attached hydrogens (tertiary/aromatic N) is 3. The van der Waals surface area contributed by atoms with Crippen molar-refractivity contribution < 1.29 is 26.7 Å². The van der Waals surface area contributed by atoms with Gasteiger partial charge in [0.15, 0.2) is 0 Å². The SMILES string of the molecule is COC(=O)c1cn(Cc2cc(F)cc(F)c2)nc1S(=O)(=O)N1CCCC(C)C1. The van der Waals surface area contributed by atoms with Gasteiger partial charge in [-0.25, -0.2) is 22.0 Å². The molecule has 2 heterocycles. The number of benzene rings is 1. The average molecular weight is 413 g/mol. The Labute approximate surface area is 162 Å². The second-order valence-corrected chi connectivity index (χ2v) is 8.78. The van der Waals surface area contributed by atoms with Crippen molar-refractivity contribution in [1.82, 2.24) is 14.1 Å². The Morgan fingerprint density at radius 2 is 1.96 bits per heavy atom. The first-order chi connectivity index (χ1) is 13.2. The molecule has 7 nitrogen and oxygen atoms in total. The van der Waals surface area contributed by atoms with E-state index in [9.17, 15) is 22.0 Å². The van der Waals surface area contributed by atoms with Gasteiger partial charge in [-0.05, 0) is 36.5 Å². The van der Waals surface area contributed by atoms with E-state index in [0.717, 1.165) is 38.2 Å². The fourth-order valence-corrected chi connectivity index (χ4v) is 4.99. The Kier molecular flexibility index (Phi) is 5.80. The van der Waals surface area contributed by atoms with Crippen molar-refractivity contribution in [3.8, 4) is 0 Å². The van der Waals surface area contributed by atoms with Crippen LogP contribution in [0.3, 0.4) is 0 Å². The topological polar surface area (TPSA) is 81.5 Å². The zero-order valence-electron chi connectivity index (χ0n) is 15.6. The molecule has 0 bridgehead atoms. The summed E-state index contributed by atoms with van der Waals surface area (Å²) in [6, 6.07) is 2.96. The van der Waals surface area contributed by atoms with Gasteiger partial charge in [-0.1, -0.05) is 6.92 Å². The first kappa shape index (κ1) is 20.4. The van der Waals surface area contributed by atoms with Gasteiger partial charge in [0.1, 0.15) is 17.2 Å². The zero-order chi connectivity index (χ0) is 20.5. The third kappa shape index (κ3) is 4.22. The zero-order valence-corrected chi connectivity index (χ0v) is 16.4. The van der Waals surface area contributed by atoms with Crippen molar-refractivity contribution in [2.75, 3.05) is 20.2 Å². The molecule has 10 heteroatoms. The minimum absolute atomic E-state index is 0.107. The molecule has 0 aliphatic carbocycles. The fourth-order valence-electron chi connectivity index (χ4n) is 3.30. The number of ether oxygens (including phenoxy) is 1. The van der Waals surface area contributed by atoms with Gasteiger partial charge in [-0.15, -0.1) is 0 Å². The predicted octanol–water partition coefficient (Wildman–Crippen LogP) is 2.42. The Morgan fingerprint density at radius 3 is 2.57 bits per heavy atom. The van der Waals surface area contributed by atoms with Crippen LogP contribution in [0.5, 0.6) is 0 Å². The van der Waals surface area contributed by atoms with E-state index in [1.54, 1.807) is 0 Å². The van der Waals surface area contributed by atoms with Crippen molar-refractivity contribution in [2.24, 2.45) is 5.92 Å². The summed E-state index contributed by atoms with van der Waals surface area (Å²) in [5, 5.41) is 3.64. The highest BCUT2D eigenvalue weighted by atomic mass is 32.2. The van der Waals surface area contributed by atoms with Crippen LogP contribution in [0.2, 0.25) is 0 Å². The van der Waals surface area contributed by atoms with Gasteiger partial charge in [0.05, 0.1) is 13.7 Å². The smallest absolute Gasteiger partial charge is 0.342 e. The summed E-state index contributed by atoms with van der Waals surface area (Å²) < 4.78 is 60.1. The van der Waals surface area contributed by atoms with E-state index in [-0.39, 0.29) is 23.6 Å². The van der Waals surface area contributed by atoms with E-state index in [0.29, 0.717) is 13.1 Å². The molecular formula is C18H21F2N3O4S. The molecule has 1 aromatic heterocycles. The highest BCUT2D eigenvalue weighted by Crippen LogP contribution is 2.25. The lowest BCUT2D eigenvalue weighted by Crippen LogP contribution is -2.39. The largest absolute Gasteiger partial charge is 0.465 e. The third-order valence-corrected chi connectivity index (χ3v) is 6.41. The van der Waals surface area contributed by atoms with Gasteiger partial charge in [-0.3, -0.25) is 4.68 Å². The van der Waals surface area contributed by atoms with Crippen LogP contribution < -0.4 is 0 Å². The van der Waals surface area contributed by atoms with E-state index in [2.05, 4.69) is 9.84 Å². The number of aromatic nitrogens is 2. The number of rotatable bonds is 5. The maximum Gasteiger partial charge on any atom is 0.342 e. The highest BCUT2D eigenvalue weighted by Gasteiger charge is 2.35. The molecule has 28 heavy (non-hydrogen) atoms. The van der Waals surface area contributed by atoms with Crippen LogP contribution >= 0.6 is 0 Å². The molecule has 3 rings (SSSR count). The molecule has 1 unspecified atom stereocenters. The molecule has 1 saturated heterocycles. The van der Waals surface area contributed by atoms with Gasteiger partial charge >= 0.3 is 5.97 Å². The Morgan fingerprint density at radius 1 is 1.29 bits per heavy atom. The lowest BCUT2D eigenvalue weighted by atomic mass is 10.0. The summed E-state index contributed by atoms with van der Waals surface area (Å²) >= 11 is 0. The standard InChI is InChI=1S/C18H21F2N3O4S/c1-12-4-3-5-23(9-12)28(25,26)17-16(18(24)27-2)11-22(21-17)10-13-6-14(19)8-15(20)7-13/h6-8,11-12H,3-5,9-10H2,1-2H3. The second kappa shape index (κ2) is 7.96. The van der Waals surface area contributed by atoms with Gasteiger partial charge in [-0.2, -0.15) is 9.40 Å². The van der Waals surface area contributed by atoms with Crippen molar-refractivity contribution in [3.63, 3.8) is 0 Å². The number of carbonyl (C=O) groups is 1. The summed E-state index contributed by atoms with van der Waals surface area (Å²) in [6.45, 7) is 2.53. The van der Waals surface area contributed by atoms with Crippen molar-refractivity contribution in [2.45, 2.75) is 31.3 Å². The van der Waals surface area contributed by atoms with Crippen LogP contribution in [0.25, 0.3) is 0 Å². The Bertz CT molecular complexity index is 970. The number of carbonyl (C=O) groups excluding carboxylic acids is 1. The summed E-state index contributed by atoms with van der Waals surface area (Å²) in [4.78, 5) is 12.1. The molecule has 0 amide bonds. The van der Waals surface area contributed by atoms with E-state index in [1.807, 2.05) is 6.92 Å². The minimum Gasteiger partial charge on any atom is -0.465 e. The number of hydrogen-bond acceptors (Lipinski definition) is 5. The predicted molar refractivity (Wildman–Crippen MR) is 96.2 cm³/mol. The maximum atomic E-state index is 13.4. The van der Waals surface area contributed by atoms with E-state index in [1.165, 1.54) is 15.2 Å². The summed E-state index contributed by atoms with van der Waals surface area (Å²) in [7, 11) is -2.88. The molecule has 1 fully saturated rings. The number of piperidine rings is 1. The molecule has 0 radical (unpaired) electrons. The monoisotopic (exact) mass is 413 g/mol. The maximum absolute atomic E-state index is 13.4. The van der Waals surface area contributed by atoms with Crippen molar-refractivity contribution >= 4 is 16.0 Å². The molecular weight excluding hydrogens is 392 g/mol. The molecule has 0 saturated carbocycles. The van der Waals surface area contributed by atoms with Crippen LogP contribution in [0.1, 0.15) is 35.7 Å².